The van der Waals surface area contributed by atoms with Crippen molar-refractivity contribution in [3.63, 3.8) is 0 Å². The Morgan fingerprint density at radius 3 is 2.53 bits per heavy atom. The van der Waals surface area contributed by atoms with Crippen molar-refractivity contribution in [1.29, 1.82) is 5.26 Å². The smallest absolute Gasteiger partial charge is 0.354 e. The molecule has 0 spiro atoms. The van der Waals surface area contributed by atoms with Crippen molar-refractivity contribution in [2.75, 3.05) is 19.5 Å². The van der Waals surface area contributed by atoms with Crippen LogP contribution in [0, 0.1) is 11.3 Å². The Bertz CT molecular complexity index is 558. The first kappa shape index (κ1) is 14.3. The van der Waals surface area contributed by atoms with Crippen LogP contribution in [0.5, 0.6) is 0 Å². The van der Waals surface area contributed by atoms with E-state index in [-0.39, 0.29) is 5.70 Å². The number of benzene rings is 1. The molecule has 19 heavy (non-hydrogen) atoms. The Labute approximate surface area is 110 Å². The van der Waals surface area contributed by atoms with Gasteiger partial charge in [-0.3, -0.25) is 0 Å². The van der Waals surface area contributed by atoms with Gasteiger partial charge in [0.25, 0.3) is 0 Å². The molecular weight excluding hydrogens is 248 g/mol. The van der Waals surface area contributed by atoms with Gasteiger partial charge in [0.05, 0.1) is 31.5 Å². The van der Waals surface area contributed by atoms with Crippen molar-refractivity contribution >= 4 is 17.6 Å². The molecule has 0 aliphatic heterocycles. The quantitative estimate of drug-likeness (QED) is 0.646. The second-order valence-electron chi connectivity index (χ2n) is 3.36. The standard InChI is InChI=1S/C13H12N2O4/c1-18-12(16)7-11(13(17)19-2)15-10-6-4-3-5-9(10)8-14/h3-7,15H,1-2H3/b11-7-. The summed E-state index contributed by atoms with van der Waals surface area (Å²) < 4.78 is 8.98. The minimum Gasteiger partial charge on any atom is -0.466 e. The van der Waals surface area contributed by atoms with Crippen LogP contribution in [0.25, 0.3) is 0 Å². The molecule has 0 heterocycles. The van der Waals surface area contributed by atoms with Crippen molar-refractivity contribution in [2.24, 2.45) is 0 Å². The minimum atomic E-state index is -0.738. The van der Waals surface area contributed by atoms with E-state index in [9.17, 15) is 9.59 Å². The van der Waals surface area contributed by atoms with Crippen molar-refractivity contribution in [2.45, 2.75) is 0 Å². The molecule has 1 N–H and O–H groups in total. The summed E-state index contributed by atoms with van der Waals surface area (Å²) in [6.45, 7) is 0. The summed E-state index contributed by atoms with van der Waals surface area (Å²) in [4.78, 5) is 22.7. The number of anilines is 1. The second kappa shape index (κ2) is 6.81. The van der Waals surface area contributed by atoms with Gasteiger partial charge in [0.15, 0.2) is 0 Å². The molecule has 1 aromatic rings. The van der Waals surface area contributed by atoms with Gasteiger partial charge in [0, 0.05) is 0 Å². The molecule has 0 bridgehead atoms. The van der Waals surface area contributed by atoms with Crippen molar-refractivity contribution in [1.82, 2.24) is 0 Å². The molecule has 0 fully saturated rings. The van der Waals surface area contributed by atoms with Gasteiger partial charge in [0.2, 0.25) is 0 Å². The minimum absolute atomic E-state index is 0.114. The summed E-state index contributed by atoms with van der Waals surface area (Å²) in [5.74, 6) is -1.44. The number of rotatable bonds is 4. The Balaban J connectivity index is 3.08. The number of ether oxygens (including phenoxy) is 2. The van der Waals surface area contributed by atoms with Gasteiger partial charge in [-0.05, 0) is 12.1 Å². The number of nitrogens with zero attached hydrogens (tertiary/aromatic N) is 1. The van der Waals surface area contributed by atoms with E-state index in [0.29, 0.717) is 11.3 Å². The van der Waals surface area contributed by atoms with Gasteiger partial charge in [0.1, 0.15) is 11.8 Å². The summed E-state index contributed by atoms with van der Waals surface area (Å²) in [6, 6.07) is 8.53. The van der Waals surface area contributed by atoms with Crippen molar-refractivity contribution in [3.8, 4) is 6.07 Å². The zero-order valence-corrected chi connectivity index (χ0v) is 10.5. The summed E-state index contributed by atoms with van der Waals surface area (Å²) in [7, 11) is 2.38. The van der Waals surface area contributed by atoms with Gasteiger partial charge in [-0.1, -0.05) is 12.1 Å². The molecule has 0 radical (unpaired) electrons. The first-order valence-electron chi connectivity index (χ1n) is 5.26. The highest BCUT2D eigenvalue weighted by Crippen LogP contribution is 2.16. The Kier molecular flexibility index (Phi) is 5.11. The van der Waals surface area contributed by atoms with E-state index in [0.717, 1.165) is 6.08 Å². The molecule has 6 heteroatoms. The summed E-state index contributed by atoms with van der Waals surface area (Å²) in [5.41, 5.74) is 0.616. The summed E-state index contributed by atoms with van der Waals surface area (Å²) >= 11 is 0. The molecule has 0 atom stereocenters. The first-order valence-corrected chi connectivity index (χ1v) is 5.26. The van der Waals surface area contributed by atoms with Gasteiger partial charge >= 0.3 is 11.9 Å². The third-order valence-electron chi connectivity index (χ3n) is 2.19. The van der Waals surface area contributed by atoms with Gasteiger partial charge in [-0.25, -0.2) is 9.59 Å². The first-order chi connectivity index (χ1) is 9.12. The van der Waals surface area contributed by atoms with Crippen LogP contribution in [-0.4, -0.2) is 26.2 Å². The zero-order chi connectivity index (χ0) is 14.3. The lowest BCUT2D eigenvalue weighted by Crippen LogP contribution is -2.16. The van der Waals surface area contributed by atoms with Crippen LogP contribution < -0.4 is 5.32 Å². The van der Waals surface area contributed by atoms with Crippen molar-refractivity contribution < 1.29 is 19.1 Å². The van der Waals surface area contributed by atoms with E-state index in [1.807, 2.05) is 6.07 Å². The highest BCUT2D eigenvalue weighted by molar-refractivity contribution is 5.98. The van der Waals surface area contributed by atoms with E-state index in [1.165, 1.54) is 14.2 Å². The van der Waals surface area contributed by atoms with E-state index in [4.69, 9.17) is 5.26 Å². The largest absolute Gasteiger partial charge is 0.466 e. The lowest BCUT2D eigenvalue weighted by atomic mass is 10.2. The topological polar surface area (TPSA) is 88.4 Å². The number of esters is 2. The fourth-order valence-electron chi connectivity index (χ4n) is 1.27. The SMILES string of the molecule is COC(=O)/C=C(\Nc1ccccc1C#N)C(=O)OC. The molecule has 0 saturated carbocycles. The van der Waals surface area contributed by atoms with Gasteiger partial charge in [-0.15, -0.1) is 0 Å². The Hall–Kier alpha value is -2.81. The number of hydrogen-bond donors (Lipinski definition) is 1. The van der Waals surface area contributed by atoms with Crippen LogP contribution in [0.1, 0.15) is 5.56 Å². The Morgan fingerprint density at radius 2 is 1.95 bits per heavy atom. The maximum atomic E-state index is 11.5. The molecule has 6 nitrogen and oxygen atoms in total. The maximum absolute atomic E-state index is 11.5. The van der Waals surface area contributed by atoms with Crippen LogP contribution in [-0.2, 0) is 19.1 Å². The number of methoxy groups -OCH3 is 2. The number of carbonyl (C=O) groups excluding carboxylic acids is 2. The van der Waals surface area contributed by atoms with Crippen LogP contribution >= 0.6 is 0 Å². The van der Waals surface area contributed by atoms with Crippen molar-refractivity contribution in [3.05, 3.63) is 41.6 Å². The molecule has 0 aliphatic rings. The average Bonchev–Trinajstić information content (AvgIpc) is 2.45. The average molecular weight is 260 g/mol. The molecule has 0 aliphatic carbocycles. The number of nitrogens with one attached hydrogen (secondary N) is 1. The second-order valence-corrected chi connectivity index (χ2v) is 3.36. The molecular formula is C13H12N2O4. The predicted octanol–water partition coefficient (Wildman–Crippen LogP) is 1.20. The molecule has 1 aromatic carbocycles. The van der Waals surface area contributed by atoms with Gasteiger partial charge < -0.3 is 14.8 Å². The monoisotopic (exact) mass is 260 g/mol. The number of carbonyl (C=O) groups is 2. The van der Waals surface area contributed by atoms with Crippen LogP contribution in [0.2, 0.25) is 0 Å². The molecule has 0 amide bonds. The van der Waals surface area contributed by atoms with Crippen LogP contribution in [0.4, 0.5) is 5.69 Å². The Morgan fingerprint density at radius 1 is 1.26 bits per heavy atom. The molecule has 0 saturated heterocycles. The predicted molar refractivity (Wildman–Crippen MR) is 66.9 cm³/mol. The summed E-state index contributed by atoms with van der Waals surface area (Å²) in [5, 5.41) is 11.6. The highest BCUT2D eigenvalue weighted by atomic mass is 16.5. The van der Waals surface area contributed by atoms with Crippen LogP contribution in [0.3, 0.4) is 0 Å². The number of nitriles is 1. The molecule has 0 unspecified atom stereocenters. The molecule has 1 rings (SSSR count). The van der Waals surface area contributed by atoms with E-state index < -0.39 is 11.9 Å². The lowest BCUT2D eigenvalue weighted by molar-refractivity contribution is -0.138. The van der Waals surface area contributed by atoms with Crippen LogP contribution in [0.15, 0.2) is 36.0 Å². The van der Waals surface area contributed by atoms with Gasteiger partial charge in [-0.2, -0.15) is 5.26 Å². The van der Waals surface area contributed by atoms with E-state index >= 15 is 0 Å². The zero-order valence-electron chi connectivity index (χ0n) is 10.5. The lowest BCUT2D eigenvalue weighted by Gasteiger charge is -2.09. The van der Waals surface area contributed by atoms with E-state index in [1.54, 1.807) is 24.3 Å². The third kappa shape index (κ3) is 3.85. The normalized spacial score (nSPS) is 10.3. The molecule has 0 aromatic heterocycles. The van der Waals surface area contributed by atoms with E-state index in [2.05, 4.69) is 14.8 Å². The summed E-state index contributed by atoms with van der Waals surface area (Å²) in [6.07, 6.45) is 0.958. The molecule has 98 valence electrons. The maximum Gasteiger partial charge on any atom is 0.354 e. The fourth-order valence-corrected chi connectivity index (χ4v) is 1.27. The number of hydrogen-bond acceptors (Lipinski definition) is 6. The highest BCUT2D eigenvalue weighted by Gasteiger charge is 2.14. The number of para-hydroxylation sites is 1. The fraction of sp³-hybridized carbons (Fsp3) is 0.154. The third-order valence-corrected chi connectivity index (χ3v) is 2.19.